The van der Waals surface area contributed by atoms with Gasteiger partial charge in [0.05, 0.1) is 6.54 Å². The minimum absolute atomic E-state index is 0.0380. The molecule has 0 saturated heterocycles. The molecule has 2 unspecified atom stereocenters. The van der Waals surface area contributed by atoms with E-state index in [1.165, 1.54) is 0 Å². The topological polar surface area (TPSA) is 108 Å². The highest BCUT2D eigenvalue weighted by molar-refractivity contribution is 5.47. The number of phenols is 1. The van der Waals surface area contributed by atoms with Crippen molar-refractivity contribution in [2.45, 2.75) is 84.6 Å². The van der Waals surface area contributed by atoms with E-state index in [1.807, 2.05) is 12.1 Å². The van der Waals surface area contributed by atoms with E-state index in [-0.39, 0.29) is 18.4 Å². The van der Waals surface area contributed by atoms with Crippen molar-refractivity contribution in [3.63, 3.8) is 0 Å². The van der Waals surface area contributed by atoms with Gasteiger partial charge >= 0.3 is 17.1 Å². The normalized spacial score (nSPS) is 13.4. The molecule has 0 aliphatic heterocycles. The number of rotatable bonds is 10. The van der Waals surface area contributed by atoms with Gasteiger partial charge in [0.25, 0.3) is 0 Å². The molecule has 7 heteroatoms. The number of nitrogens with one attached hydrogen (secondary N) is 2. The van der Waals surface area contributed by atoms with Crippen LogP contribution in [0.4, 0.5) is 0 Å². The Morgan fingerprint density at radius 1 is 0.862 bits per heavy atom. The molecule has 2 aromatic rings. The van der Waals surface area contributed by atoms with Crippen molar-refractivity contribution in [1.82, 2.24) is 14.5 Å². The standard InChI is InChI=1S/C22H33N3O4/c1-5-9-15(7-3)17-11-14(12-18(19(17)26)16(8-4)10-6-2)13-25-21(28)23-20(27)24-22(25)29/h11-12,15-16,26H,5-10,13H2,1-4H3,(H2,23,24,27,28,29). The van der Waals surface area contributed by atoms with Crippen LogP contribution in [0.15, 0.2) is 26.5 Å². The van der Waals surface area contributed by atoms with Crippen molar-refractivity contribution in [2.24, 2.45) is 0 Å². The van der Waals surface area contributed by atoms with Crippen LogP contribution in [0.25, 0.3) is 0 Å². The summed E-state index contributed by atoms with van der Waals surface area (Å²) < 4.78 is 0.975. The first-order valence-corrected chi connectivity index (χ1v) is 10.6. The van der Waals surface area contributed by atoms with E-state index in [9.17, 15) is 19.5 Å². The van der Waals surface area contributed by atoms with Crippen LogP contribution < -0.4 is 17.1 Å². The fourth-order valence-corrected chi connectivity index (χ4v) is 4.09. The lowest BCUT2D eigenvalue weighted by Crippen LogP contribution is -2.43. The lowest BCUT2D eigenvalue weighted by atomic mass is 9.83. The summed E-state index contributed by atoms with van der Waals surface area (Å²) in [6.45, 7) is 8.49. The molecule has 1 aromatic heterocycles. The van der Waals surface area contributed by atoms with E-state index < -0.39 is 17.1 Å². The van der Waals surface area contributed by atoms with Crippen LogP contribution in [-0.2, 0) is 6.54 Å². The first kappa shape index (κ1) is 22.7. The van der Waals surface area contributed by atoms with Gasteiger partial charge in [-0.05, 0) is 54.2 Å². The third kappa shape index (κ3) is 5.28. The van der Waals surface area contributed by atoms with Crippen molar-refractivity contribution in [3.05, 3.63) is 60.3 Å². The fraction of sp³-hybridized carbons (Fsp3) is 0.591. The molecule has 2 atom stereocenters. The minimum atomic E-state index is -0.814. The average molecular weight is 404 g/mol. The highest BCUT2D eigenvalue weighted by atomic mass is 16.3. The van der Waals surface area contributed by atoms with Crippen molar-refractivity contribution < 1.29 is 5.11 Å². The van der Waals surface area contributed by atoms with Gasteiger partial charge in [-0.2, -0.15) is 0 Å². The zero-order chi connectivity index (χ0) is 21.6. The Morgan fingerprint density at radius 3 is 1.69 bits per heavy atom. The number of hydrogen-bond acceptors (Lipinski definition) is 4. The molecule has 0 aliphatic rings. The Bertz CT molecular complexity index is 917. The molecule has 0 saturated carbocycles. The summed E-state index contributed by atoms with van der Waals surface area (Å²) in [7, 11) is 0. The Hall–Kier alpha value is -2.57. The Kier molecular flexibility index (Phi) is 8.05. The van der Waals surface area contributed by atoms with Crippen LogP contribution in [0.5, 0.6) is 5.75 Å². The van der Waals surface area contributed by atoms with Crippen LogP contribution in [0.3, 0.4) is 0 Å². The summed E-state index contributed by atoms with van der Waals surface area (Å²) in [5.74, 6) is 0.768. The molecule has 3 N–H and O–H groups in total. The Labute approximate surface area is 170 Å². The second-order valence-corrected chi connectivity index (χ2v) is 7.69. The number of nitrogens with zero attached hydrogens (tertiary/aromatic N) is 1. The number of phenolic OH excluding ortho intramolecular Hbond substituents is 1. The van der Waals surface area contributed by atoms with Crippen molar-refractivity contribution >= 4 is 0 Å². The zero-order valence-electron chi connectivity index (χ0n) is 17.9. The third-order valence-corrected chi connectivity index (χ3v) is 5.64. The number of aromatic amines is 2. The quantitative estimate of drug-likeness (QED) is 0.563. The van der Waals surface area contributed by atoms with Crippen molar-refractivity contribution in [3.8, 4) is 5.75 Å². The van der Waals surface area contributed by atoms with Gasteiger partial charge in [-0.1, -0.05) is 52.7 Å². The van der Waals surface area contributed by atoms with Gasteiger partial charge in [0.1, 0.15) is 5.75 Å². The SMILES string of the molecule is CCCC(CC)c1cc(Cn2c(=O)[nH]c(=O)[nH]c2=O)cc(C(CC)CCC)c1O. The molecule has 160 valence electrons. The lowest BCUT2D eigenvalue weighted by molar-refractivity contribution is 0.435. The molecule has 7 nitrogen and oxygen atoms in total. The summed E-state index contributed by atoms with van der Waals surface area (Å²) >= 11 is 0. The molecule has 1 heterocycles. The molecule has 29 heavy (non-hydrogen) atoms. The van der Waals surface area contributed by atoms with Gasteiger partial charge in [-0.3, -0.25) is 9.97 Å². The van der Waals surface area contributed by atoms with Gasteiger partial charge < -0.3 is 5.11 Å². The molecule has 1 aromatic carbocycles. The predicted molar refractivity (Wildman–Crippen MR) is 115 cm³/mol. The highest BCUT2D eigenvalue weighted by Gasteiger charge is 2.22. The number of benzene rings is 1. The second-order valence-electron chi connectivity index (χ2n) is 7.69. The first-order valence-electron chi connectivity index (χ1n) is 10.6. The van der Waals surface area contributed by atoms with E-state index in [1.54, 1.807) is 0 Å². The summed E-state index contributed by atoms with van der Waals surface area (Å²) in [4.78, 5) is 39.8. The van der Waals surface area contributed by atoms with Gasteiger partial charge in [-0.15, -0.1) is 0 Å². The Balaban J connectivity index is 2.64. The molecular weight excluding hydrogens is 370 g/mol. The second kappa shape index (κ2) is 10.3. The van der Waals surface area contributed by atoms with Gasteiger partial charge in [0, 0.05) is 0 Å². The van der Waals surface area contributed by atoms with Gasteiger partial charge in [-0.25, -0.2) is 19.0 Å². The smallest absolute Gasteiger partial charge is 0.333 e. The monoisotopic (exact) mass is 403 g/mol. The van der Waals surface area contributed by atoms with E-state index in [0.29, 0.717) is 5.75 Å². The first-order chi connectivity index (χ1) is 13.9. The molecule has 0 spiro atoms. The number of hydrogen-bond donors (Lipinski definition) is 3. The maximum absolute atomic E-state index is 12.1. The lowest BCUT2D eigenvalue weighted by Gasteiger charge is -2.23. The molecule has 0 bridgehead atoms. The number of aromatic nitrogens is 3. The summed E-state index contributed by atoms with van der Waals surface area (Å²) in [5, 5.41) is 11.1. The average Bonchev–Trinajstić information content (AvgIpc) is 2.68. The van der Waals surface area contributed by atoms with Crippen molar-refractivity contribution in [2.75, 3.05) is 0 Å². The van der Waals surface area contributed by atoms with Crippen LogP contribution in [0, 0.1) is 0 Å². The largest absolute Gasteiger partial charge is 0.507 e. The van der Waals surface area contributed by atoms with E-state index in [0.717, 1.165) is 59.8 Å². The number of aromatic hydroxyl groups is 1. The molecule has 0 aliphatic carbocycles. The van der Waals surface area contributed by atoms with Crippen LogP contribution in [-0.4, -0.2) is 19.6 Å². The van der Waals surface area contributed by atoms with Crippen LogP contribution >= 0.6 is 0 Å². The molecule has 0 radical (unpaired) electrons. The van der Waals surface area contributed by atoms with Gasteiger partial charge in [0.2, 0.25) is 0 Å². The predicted octanol–water partition coefficient (Wildman–Crippen LogP) is 3.57. The van der Waals surface area contributed by atoms with Crippen LogP contribution in [0.2, 0.25) is 0 Å². The molecule has 2 rings (SSSR count). The fourth-order valence-electron chi connectivity index (χ4n) is 4.09. The van der Waals surface area contributed by atoms with Crippen molar-refractivity contribution in [1.29, 1.82) is 0 Å². The summed E-state index contributed by atoms with van der Waals surface area (Å²) in [6.07, 6.45) is 5.71. The van der Waals surface area contributed by atoms with E-state index in [2.05, 4.69) is 37.7 Å². The highest BCUT2D eigenvalue weighted by Crippen LogP contribution is 2.40. The molecular formula is C22H33N3O4. The molecule has 0 amide bonds. The summed E-state index contributed by atoms with van der Waals surface area (Å²) in [6, 6.07) is 3.80. The summed E-state index contributed by atoms with van der Waals surface area (Å²) in [5.41, 5.74) is 0.241. The zero-order valence-corrected chi connectivity index (χ0v) is 17.9. The minimum Gasteiger partial charge on any atom is -0.507 e. The maximum Gasteiger partial charge on any atom is 0.333 e. The van der Waals surface area contributed by atoms with Gasteiger partial charge in [0.15, 0.2) is 0 Å². The molecule has 0 fully saturated rings. The number of H-pyrrole nitrogens is 2. The Morgan fingerprint density at radius 2 is 1.31 bits per heavy atom. The third-order valence-electron chi connectivity index (χ3n) is 5.64. The van der Waals surface area contributed by atoms with Crippen LogP contribution in [0.1, 0.15) is 94.7 Å². The maximum atomic E-state index is 12.1. The van der Waals surface area contributed by atoms with E-state index in [4.69, 9.17) is 0 Å². The van der Waals surface area contributed by atoms with E-state index >= 15 is 0 Å².